The number of hydrogen-bond donors (Lipinski definition) is 1. The fourth-order valence-electron chi connectivity index (χ4n) is 5.44. The first kappa shape index (κ1) is 51.0. The van der Waals surface area contributed by atoms with Crippen molar-refractivity contribution in [1.29, 1.82) is 0 Å². The molecule has 0 aliphatic carbocycles. The molecule has 0 saturated carbocycles. The van der Waals surface area contributed by atoms with Gasteiger partial charge in [-0.25, -0.2) is 4.57 Å². The van der Waals surface area contributed by atoms with Crippen molar-refractivity contribution in [2.75, 3.05) is 40.5 Å². The van der Waals surface area contributed by atoms with Crippen LogP contribution < -0.4 is 0 Å². The second-order valence-corrected chi connectivity index (χ2v) is 15.6. The standard InChI is InChI=1S/C43H78NO8P/c1-5-7-9-11-13-15-17-19-21-23-25-27-29-31-33-35-42(45)49-39-41(40-51-53(47,48)50-38-37-44(3)4)52-43(46)36-34-32-30-28-26-24-22-20-18-16-14-12-10-8-6-2/h8,10,14,16,20,22,26,28,41H,5-7,9,11-13,15,17-19,21,23-25,27,29-40H2,1-4H3,(H,47,48)/b10-8-,16-14-,22-20-,28-26-. The predicted molar refractivity (Wildman–Crippen MR) is 220 cm³/mol. The van der Waals surface area contributed by atoms with Gasteiger partial charge in [0.15, 0.2) is 6.10 Å². The molecular weight excluding hydrogens is 689 g/mol. The lowest BCUT2D eigenvalue weighted by Crippen LogP contribution is -2.29. The van der Waals surface area contributed by atoms with Gasteiger partial charge in [0.25, 0.3) is 0 Å². The second kappa shape index (κ2) is 38.3. The van der Waals surface area contributed by atoms with Gasteiger partial charge in [0.05, 0.1) is 13.2 Å². The van der Waals surface area contributed by atoms with Crippen molar-refractivity contribution in [3.8, 4) is 0 Å². The summed E-state index contributed by atoms with van der Waals surface area (Å²) < 4.78 is 33.4. The molecule has 0 saturated heterocycles. The van der Waals surface area contributed by atoms with E-state index in [0.29, 0.717) is 13.0 Å². The maximum absolute atomic E-state index is 12.6. The average molecular weight is 768 g/mol. The van der Waals surface area contributed by atoms with E-state index in [9.17, 15) is 19.0 Å². The molecule has 9 nitrogen and oxygen atoms in total. The number of rotatable bonds is 38. The van der Waals surface area contributed by atoms with E-state index < -0.39 is 26.5 Å². The molecule has 10 heteroatoms. The van der Waals surface area contributed by atoms with Gasteiger partial charge in [-0.1, -0.05) is 152 Å². The number of carbonyl (C=O) groups is 2. The Balaban J connectivity index is 4.37. The van der Waals surface area contributed by atoms with Gasteiger partial charge in [-0.05, 0) is 65.5 Å². The number of allylic oxidation sites excluding steroid dienone is 8. The van der Waals surface area contributed by atoms with E-state index in [1.807, 2.05) is 19.0 Å². The number of esters is 2. The SMILES string of the molecule is CC/C=C\C/C=C\C/C=C\C/C=C\CCCCC(=O)OC(COC(=O)CCCCCCCCCCCCCCCCC)COP(=O)(O)OCCN(C)C. The van der Waals surface area contributed by atoms with Crippen LogP contribution in [0.15, 0.2) is 48.6 Å². The Morgan fingerprint density at radius 2 is 1.08 bits per heavy atom. The van der Waals surface area contributed by atoms with Crippen LogP contribution in [-0.4, -0.2) is 68.3 Å². The minimum Gasteiger partial charge on any atom is -0.462 e. The summed E-state index contributed by atoms with van der Waals surface area (Å²) in [6.45, 7) is 4.16. The number of ether oxygens (including phenoxy) is 2. The zero-order valence-corrected chi connectivity index (χ0v) is 35.1. The lowest BCUT2D eigenvalue weighted by atomic mass is 10.0. The molecule has 308 valence electrons. The zero-order chi connectivity index (χ0) is 39.1. The van der Waals surface area contributed by atoms with Crippen LogP contribution in [0.25, 0.3) is 0 Å². The lowest BCUT2D eigenvalue weighted by Gasteiger charge is -2.20. The van der Waals surface area contributed by atoms with E-state index in [-0.39, 0.29) is 32.0 Å². The van der Waals surface area contributed by atoms with Gasteiger partial charge < -0.3 is 19.3 Å². The number of phosphoric ester groups is 1. The molecule has 0 aliphatic heterocycles. The largest absolute Gasteiger partial charge is 0.472 e. The maximum Gasteiger partial charge on any atom is 0.472 e. The van der Waals surface area contributed by atoms with Crippen molar-refractivity contribution in [2.45, 2.75) is 174 Å². The first-order valence-electron chi connectivity index (χ1n) is 20.9. The maximum atomic E-state index is 12.6. The van der Waals surface area contributed by atoms with Crippen LogP contribution >= 0.6 is 7.82 Å². The summed E-state index contributed by atoms with van der Waals surface area (Å²) in [6.07, 6.45) is 41.6. The summed E-state index contributed by atoms with van der Waals surface area (Å²) in [5.41, 5.74) is 0. The Bertz CT molecular complexity index is 1030. The van der Waals surface area contributed by atoms with Gasteiger partial charge in [0.1, 0.15) is 6.61 Å². The van der Waals surface area contributed by atoms with Crippen LogP contribution in [0, 0.1) is 0 Å². The molecule has 2 atom stereocenters. The van der Waals surface area contributed by atoms with Crippen molar-refractivity contribution in [3.05, 3.63) is 48.6 Å². The van der Waals surface area contributed by atoms with Crippen LogP contribution in [0.1, 0.15) is 168 Å². The molecule has 0 heterocycles. The molecule has 0 aromatic rings. The molecule has 0 bridgehead atoms. The van der Waals surface area contributed by atoms with Crippen molar-refractivity contribution in [3.63, 3.8) is 0 Å². The predicted octanol–water partition coefficient (Wildman–Crippen LogP) is 11.8. The van der Waals surface area contributed by atoms with Crippen molar-refractivity contribution in [2.24, 2.45) is 0 Å². The van der Waals surface area contributed by atoms with Crippen LogP contribution in [0.5, 0.6) is 0 Å². The fourth-order valence-corrected chi connectivity index (χ4v) is 6.18. The smallest absolute Gasteiger partial charge is 0.462 e. The molecule has 0 aliphatic rings. The number of carbonyl (C=O) groups excluding carboxylic acids is 2. The third kappa shape index (κ3) is 39.5. The van der Waals surface area contributed by atoms with Crippen LogP contribution in [0.2, 0.25) is 0 Å². The monoisotopic (exact) mass is 768 g/mol. The summed E-state index contributed by atoms with van der Waals surface area (Å²) in [7, 11) is -0.734. The number of phosphoric acid groups is 1. The summed E-state index contributed by atoms with van der Waals surface area (Å²) in [4.78, 5) is 36.9. The first-order chi connectivity index (χ1) is 25.7. The van der Waals surface area contributed by atoms with Gasteiger partial charge in [0.2, 0.25) is 0 Å². The second-order valence-electron chi connectivity index (χ2n) is 14.1. The van der Waals surface area contributed by atoms with E-state index in [1.54, 1.807) is 0 Å². The van der Waals surface area contributed by atoms with Gasteiger partial charge in [-0.15, -0.1) is 0 Å². The summed E-state index contributed by atoms with van der Waals surface area (Å²) in [5, 5.41) is 0. The minimum atomic E-state index is -4.37. The van der Waals surface area contributed by atoms with Gasteiger partial charge in [0, 0.05) is 19.4 Å². The highest BCUT2D eigenvalue weighted by molar-refractivity contribution is 7.47. The molecule has 53 heavy (non-hydrogen) atoms. The Labute approximate surface area is 324 Å². The van der Waals surface area contributed by atoms with Crippen molar-refractivity contribution in [1.82, 2.24) is 4.90 Å². The van der Waals surface area contributed by atoms with Gasteiger partial charge >= 0.3 is 19.8 Å². The zero-order valence-electron chi connectivity index (χ0n) is 34.2. The Morgan fingerprint density at radius 3 is 1.60 bits per heavy atom. The van der Waals surface area contributed by atoms with E-state index in [1.165, 1.54) is 77.0 Å². The topological polar surface area (TPSA) is 112 Å². The lowest BCUT2D eigenvalue weighted by molar-refractivity contribution is -0.161. The Hall–Kier alpha value is -2.03. The highest BCUT2D eigenvalue weighted by atomic mass is 31.2. The van der Waals surface area contributed by atoms with Crippen molar-refractivity contribution < 1.29 is 37.6 Å². The molecule has 0 spiro atoms. The highest BCUT2D eigenvalue weighted by Crippen LogP contribution is 2.43. The molecule has 0 aromatic heterocycles. The molecule has 0 aromatic carbocycles. The molecule has 0 fully saturated rings. The Kier molecular flexibility index (Phi) is 36.8. The molecule has 0 amide bonds. The summed E-state index contributed by atoms with van der Waals surface area (Å²) in [6, 6.07) is 0. The van der Waals surface area contributed by atoms with Gasteiger partial charge in [-0.3, -0.25) is 18.6 Å². The third-order valence-electron chi connectivity index (χ3n) is 8.65. The number of hydrogen-bond acceptors (Lipinski definition) is 8. The number of likely N-dealkylation sites (N-methyl/N-ethyl adjacent to an activating group) is 1. The Morgan fingerprint density at radius 1 is 0.604 bits per heavy atom. The highest BCUT2D eigenvalue weighted by Gasteiger charge is 2.26. The van der Waals surface area contributed by atoms with Crippen LogP contribution in [0.4, 0.5) is 0 Å². The molecule has 1 N–H and O–H groups in total. The minimum absolute atomic E-state index is 0.00124. The van der Waals surface area contributed by atoms with Crippen molar-refractivity contribution >= 4 is 19.8 Å². The summed E-state index contributed by atoms with van der Waals surface area (Å²) in [5.74, 6) is -0.850. The third-order valence-corrected chi connectivity index (χ3v) is 9.63. The van der Waals surface area contributed by atoms with Crippen LogP contribution in [0.3, 0.4) is 0 Å². The average Bonchev–Trinajstić information content (AvgIpc) is 3.12. The van der Waals surface area contributed by atoms with E-state index >= 15 is 0 Å². The number of unbranched alkanes of at least 4 members (excludes halogenated alkanes) is 16. The van der Waals surface area contributed by atoms with E-state index in [2.05, 4.69) is 62.5 Å². The summed E-state index contributed by atoms with van der Waals surface area (Å²) >= 11 is 0. The molecular formula is C43H78NO8P. The molecule has 0 radical (unpaired) electrons. The number of nitrogens with zero attached hydrogens (tertiary/aromatic N) is 1. The van der Waals surface area contributed by atoms with Gasteiger partial charge in [-0.2, -0.15) is 0 Å². The first-order valence-corrected chi connectivity index (χ1v) is 22.4. The van der Waals surface area contributed by atoms with Crippen LogP contribution in [-0.2, 0) is 32.7 Å². The fraction of sp³-hybridized carbons (Fsp3) is 0.767. The quantitative estimate of drug-likeness (QED) is 0.0284. The van der Waals surface area contributed by atoms with E-state index in [4.69, 9.17) is 18.5 Å². The molecule has 2 unspecified atom stereocenters. The van der Waals surface area contributed by atoms with E-state index in [0.717, 1.165) is 57.8 Å². The molecule has 0 rings (SSSR count). The normalized spacial score (nSPS) is 13.9.